The lowest BCUT2D eigenvalue weighted by atomic mass is 9.95. The summed E-state index contributed by atoms with van der Waals surface area (Å²) in [6, 6.07) is 11.8. The van der Waals surface area contributed by atoms with Gasteiger partial charge in [0.25, 0.3) is 5.91 Å². The lowest BCUT2D eigenvalue weighted by molar-refractivity contribution is -0.110. The Morgan fingerprint density at radius 2 is 1.88 bits per heavy atom. The molecule has 0 saturated carbocycles. The second kappa shape index (κ2) is 8.21. The van der Waals surface area contributed by atoms with Crippen molar-refractivity contribution in [1.29, 1.82) is 0 Å². The van der Waals surface area contributed by atoms with Crippen LogP contribution in [0.2, 0.25) is 5.02 Å². The smallest absolute Gasteiger partial charge is 0.256 e. The number of rotatable bonds is 4. The maximum Gasteiger partial charge on any atom is 0.256 e. The Kier molecular flexibility index (Phi) is 5.51. The number of furan rings is 1. The van der Waals surface area contributed by atoms with Crippen molar-refractivity contribution in [2.24, 2.45) is 0 Å². The maximum absolute atomic E-state index is 13.2. The number of aryl methyl sites for hydroxylation is 1. The highest BCUT2D eigenvalue weighted by Gasteiger charge is 2.30. The quantitative estimate of drug-likeness (QED) is 0.416. The molecule has 0 saturated heterocycles. The molecule has 1 aliphatic heterocycles. The third kappa shape index (κ3) is 3.83. The maximum atomic E-state index is 13.2. The van der Waals surface area contributed by atoms with Gasteiger partial charge in [0.1, 0.15) is 11.5 Å². The van der Waals surface area contributed by atoms with Crippen molar-refractivity contribution in [3.63, 3.8) is 0 Å². The monoisotopic (exact) mass is 531 g/mol. The Morgan fingerprint density at radius 1 is 1.12 bits per heavy atom. The van der Waals surface area contributed by atoms with E-state index in [0.717, 1.165) is 37.0 Å². The SMILES string of the molecule is O=C1Nc2c(Br)cc(Cl)cc2C1=Cc1oc2c(c1CS(=O)(=O)c1ccccc1)CCCC2. The van der Waals surface area contributed by atoms with Crippen LogP contribution in [0.5, 0.6) is 0 Å². The van der Waals surface area contributed by atoms with Crippen molar-refractivity contribution >= 4 is 60.6 Å². The summed E-state index contributed by atoms with van der Waals surface area (Å²) in [5, 5.41) is 3.34. The van der Waals surface area contributed by atoms with E-state index in [1.165, 1.54) is 0 Å². The average Bonchev–Trinajstić information content (AvgIpc) is 3.27. The van der Waals surface area contributed by atoms with Gasteiger partial charge in [-0.25, -0.2) is 8.42 Å². The first-order valence-electron chi connectivity index (χ1n) is 10.3. The van der Waals surface area contributed by atoms with Crippen LogP contribution >= 0.6 is 27.5 Å². The Bertz CT molecular complexity index is 1380. The Labute approximate surface area is 199 Å². The van der Waals surface area contributed by atoms with Crippen molar-refractivity contribution in [2.75, 3.05) is 5.32 Å². The molecule has 0 atom stereocenters. The molecule has 0 radical (unpaired) electrons. The fourth-order valence-corrected chi connectivity index (χ4v) is 6.66. The molecule has 164 valence electrons. The number of hydrogen-bond donors (Lipinski definition) is 1. The van der Waals surface area contributed by atoms with Gasteiger partial charge >= 0.3 is 0 Å². The van der Waals surface area contributed by atoms with Crippen molar-refractivity contribution in [3.8, 4) is 0 Å². The van der Waals surface area contributed by atoms with Gasteiger partial charge in [0.05, 0.1) is 21.9 Å². The highest BCUT2D eigenvalue weighted by molar-refractivity contribution is 9.10. The molecule has 5 rings (SSSR count). The molecule has 2 heterocycles. The number of fused-ring (bicyclic) bond motifs is 2. The van der Waals surface area contributed by atoms with Crippen LogP contribution in [0.4, 0.5) is 5.69 Å². The molecular formula is C24H19BrClNO4S. The number of carbonyl (C=O) groups excluding carboxylic acids is 1. The first-order chi connectivity index (χ1) is 15.3. The summed E-state index contributed by atoms with van der Waals surface area (Å²) in [5.41, 5.74) is 3.28. The van der Waals surface area contributed by atoms with Gasteiger partial charge < -0.3 is 9.73 Å². The zero-order valence-corrected chi connectivity index (χ0v) is 20.1. The van der Waals surface area contributed by atoms with Crippen LogP contribution < -0.4 is 5.32 Å². The van der Waals surface area contributed by atoms with E-state index in [2.05, 4.69) is 21.2 Å². The minimum atomic E-state index is -3.58. The van der Waals surface area contributed by atoms with Crippen molar-refractivity contribution in [3.05, 3.63) is 80.2 Å². The van der Waals surface area contributed by atoms with Gasteiger partial charge in [0.2, 0.25) is 0 Å². The summed E-state index contributed by atoms with van der Waals surface area (Å²) in [7, 11) is -3.58. The summed E-state index contributed by atoms with van der Waals surface area (Å²) >= 11 is 9.65. The standard InChI is InChI=1S/C24H19BrClNO4S/c25-20-11-14(26)10-17-18(24(28)27-23(17)20)12-22-19(16-8-4-5-9-21(16)31-22)13-32(29,30)15-6-2-1-3-7-15/h1-3,6-7,10-12H,4-5,8-9,13H2,(H,27,28). The highest BCUT2D eigenvalue weighted by atomic mass is 79.9. The first kappa shape index (κ1) is 21.5. The predicted molar refractivity (Wildman–Crippen MR) is 128 cm³/mol. The van der Waals surface area contributed by atoms with Gasteiger partial charge in [0, 0.05) is 27.0 Å². The van der Waals surface area contributed by atoms with Gasteiger partial charge in [0.15, 0.2) is 9.84 Å². The van der Waals surface area contributed by atoms with Crippen LogP contribution in [0, 0.1) is 0 Å². The van der Waals surface area contributed by atoms with E-state index in [1.54, 1.807) is 48.5 Å². The Hall–Kier alpha value is -2.35. The van der Waals surface area contributed by atoms with E-state index in [9.17, 15) is 13.2 Å². The summed E-state index contributed by atoms with van der Waals surface area (Å²) < 4.78 is 33.1. The average molecular weight is 533 g/mol. The molecule has 0 unspecified atom stereocenters. The molecule has 0 bridgehead atoms. The zero-order valence-electron chi connectivity index (χ0n) is 17.0. The second-order valence-electron chi connectivity index (χ2n) is 7.95. The molecule has 3 aromatic rings. The lowest BCUT2D eigenvalue weighted by Gasteiger charge is -2.11. The number of benzene rings is 2. The molecule has 0 fully saturated rings. The lowest BCUT2D eigenvalue weighted by Crippen LogP contribution is -2.09. The molecule has 1 N–H and O–H groups in total. The summed E-state index contributed by atoms with van der Waals surface area (Å²) in [6.07, 6.45) is 5.15. The number of amides is 1. The third-order valence-corrected chi connectivity index (χ3v) is 8.36. The summed E-state index contributed by atoms with van der Waals surface area (Å²) in [5.74, 6) is 0.773. The summed E-state index contributed by atoms with van der Waals surface area (Å²) in [6.45, 7) is 0. The topological polar surface area (TPSA) is 76.4 Å². The zero-order chi connectivity index (χ0) is 22.5. The molecule has 32 heavy (non-hydrogen) atoms. The third-order valence-electron chi connectivity index (χ3n) is 5.85. The number of sulfone groups is 1. The molecule has 0 spiro atoms. The van der Waals surface area contributed by atoms with Gasteiger partial charge in [-0.1, -0.05) is 29.8 Å². The highest BCUT2D eigenvalue weighted by Crippen LogP contribution is 2.42. The predicted octanol–water partition coefficient (Wildman–Crippen LogP) is 6.04. The summed E-state index contributed by atoms with van der Waals surface area (Å²) in [4.78, 5) is 13.0. The van der Waals surface area contributed by atoms with Gasteiger partial charge in [-0.05, 0) is 71.1 Å². The molecular weight excluding hydrogens is 514 g/mol. The van der Waals surface area contributed by atoms with E-state index in [0.29, 0.717) is 37.6 Å². The van der Waals surface area contributed by atoms with Crippen LogP contribution in [-0.2, 0) is 33.2 Å². The van der Waals surface area contributed by atoms with Gasteiger partial charge in [-0.3, -0.25) is 4.79 Å². The fraction of sp³-hybridized carbons (Fsp3) is 0.208. The van der Waals surface area contributed by atoms with E-state index in [4.69, 9.17) is 16.0 Å². The molecule has 1 aromatic heterocycles. The first-order valence-corrected chi connectivity index (χ1v) is 13.1. The van der Waals surface area contributed by atoms with E-state index in [-0.39, 0.29) is 16.6 Å². The van der Waals surface area contributed by atoms with Crippen molar-refractivity contribution < 1.29 is 17.6 Å². The van der Waals surface area contributed by atoms with E-state index in [1.807, 2.05) is 0 Å². The Balaban J connectivity index is 1.64. The normalized spacial score (nSPS) is 16.7. The number of nitrogens with one attached hydrogen (secondary N) is 1. The fourth-order valence-electron chi connectivity index (χ4n) is 4.32. The minimum absolute atomic E-state index is 0.178. The van der Waals surface area contributed by atoms with Crippen LogP contribution in [-0.4, -0.2) is 14.3 Å². The largest absolute Gasteiger partial charge is 0.461 e. The van der Waals surface area contributed by atoms with Gasteiger partial charge in [-0.2, -0.15) is 0 Å². The van der Waals surface area contributed by atoms with Crippen molar-refractivity contribution in [2.45, 2.75) is 36.3 Å². The van der Waals surface area contributed by atoms with Crippen LogP contribution in [0.25, 0.3) is 11.6 Å². The number of anilines is 1. The van der Waals surface area contributed by atoms with E-state index >= 15 is 0 Å². The molecule has 1 aliphatic carbocycles. The second-order valence-corrected chi connectivity index (χ2v) is 11.2. The molecule has 2 aliphatic rings. The van der Waals surface area contributed by atoms with Crippen LogP contribution in [0.1, 0.15) is 41.1 Å². The molecule has 5 nitrogen and oxygen atoms in total. The molecule has 8 heteroatoms. The van der Waals surface area contributed by atoms with E-state index < -0.39 is 9.84 Å². The molecule has 1 amide bonds. The number of carbonyl (C=O) groups is 1. The van der Waals surface area contributed by atoms with Crippen molar-refractivity contribution in [1.82, 2.24) is 0 Å². The van der Waals surface area contributed by atoms with Crippen LogP contribution in [0.3, 0.4) is 0 Å². The van der Waals surface area contributed by atoms with Gasteiger partial charge in [-0.15, -0.1) is 0 Å². The number of hydrogen-bond acceptors (Lipinski definition) is 4. The van der Waals surface area contributed by atoms with Crippen LogP contribution in [0.15, 0.2) is 56.2 Å². The molecule has 2 aromatic carbocycles. The Morgan fingerprint density at radius 3 is 2.66 bits per heavy atom. The minimum Gasteiger partial charge on any atom is -0.461 e. The number of halogens is 2.